The minimum atomic E-state index is -0.0621. The topological polar surface area (TPSA) is 77.6 Å². The average molecular weight is 388 g/mol. The van der Waals surface area contributed by atoms with Crippen molar-refractivity contribution >= 4 is 11.8 Å². The molecule has 0 saturated carbocycles. The zero-order valence-corrected chi connectivity index (χ0v) is 16.9. The Bertz CT molecular complexity index is 631. The first kappa shape index (κ1) is 20.7. The lowest BCUT2D eigenvalue weighted by molar-refractivity contribution is -0.127. The number of nitrogens with zero attached hydrogens (tertiary/aromatic N) is 3. The van der Waals surface area contributed by atoms with E-state index >= 15 is 0 Å². The van der Waals surface area contributed by atoms with Gasteiger partial charge >= 0.3 is 0 Å². The molecule has 1 aromatic heterocycles. The van der Waals surface area contributed by atoms with Crippen molar-refractivity contribution in [2.75, 3.05) is 39.3 Å². The van der Waals surface area contributed by atoms with E-state index in [0.717, 1.165) is 58.4 Å². The van der Waals surface area contributed by atoms with Crippen LogP contribution in [0.5, 0.6) is 0 Å². The lowest BCUT2D eigenvalue weighted by Crippen LogP contribution is -2.51. The number of nitrogens with one attached hydrogen (secondary N) is 2. The van der Waals surface area contributed by atoms with Gasteiger partial charge in [0.25, 0.3) is 0 Å². The molecule has 2 aliphatic heterocycles. The molecule has 3 heterocycles. The molecule has 0 radical (unpaired) electrons. The molecule has 154 valence electrons. The zero-order valence-electron chi connectivity index (χ0n) is 16.9. The summed E-state index contributed by atoms with van der Waals surface area (Å²) in [6.07, 6.45) is 8.14. The molecule has 0 spiro atoms. The third-order valence-corrected chi connectivity index (χ3v) is 5.82. The minimum Gasteiger partial charge on any atom is -0.355 e. The number of hydrogen-bond acceptors (Lipinski definition) is 5. The Kier molecular flexibility index (Phi) is 7.80. The summed E-state index contributed by atoms with van der Waals surface area (Å²) < 4.78 is 0. The van der Waals surface area contributed by atoms with Gasteiger partial charge in [0.15, 0.2) is 0 Å². The van der Waals surface area contributed by atoms with Crippen LogP contribution in [-0.4, -0.2) is 71.9 Å². The maximum atomic E-state index is 12.5. The fraction of sp³-hybridized carbons (Fsp3) is 0.667. The van der Waals surface area contributed by atoms with Gasteiger partial charge in [-0.15, -0.1) is 0 Å². The van der Waals surface area contributed by atoms with Crippen LogP contribution in [0.2, 0.25) is 0 Å². The smallest absolute Gasteiger partial charge is 0.224 e. The van der Waals surface area contributed by atoms with E-state index < -0.39 is 0 Å². The van der Waals surface area contributed by atoms with E-state index in [1.807, 2.05) is 18.5 Å². The fourth-order valence-electron chi connectivity index (χ4n) is 4.31. The molecule has 2 fully saturated rings. The van der Waals surface area contributed by atoms with Crippen LogP contribution in [0.15, 0.2) is 24.5 Å². The summed E-state index contributed by atoms with van der Waals surface area (Å²) in [6.45, 7) is 7.62. The minimum absolute atomic E-state index is 0.0621. The summed E-state index contributed by atoms with van der Waals surface area (Å²) in [7, 11) is 0. The summed E-state index contributed by atoms with van der Waals surface area (Å²) in [4.78, 5) is 32.6. The van der Waals surface area contributed by atoms with Gasteiger partial charge in [-0.05, 0) is 56.9 Å². The van der Waals surface area contributed by atoms with Crippen molar-refractivity contribution in [2.45, 2.75) is 45.2 Å². The molecule has 7 heteroatoms. The summed E-state index contributed by atoms with van der Waals surface area (Å²) in [5.74, 6) is 0.136. The number of hydrogen-bond donors (Lipinski definition) is 2. The summed E-state index contributed by atoms with van der Waals surface area (Å²) in [5.41, 5.74) is 1.27. The lowest BCUT2D eigenvalue weighted by atomic mass is 9.93. The fourth-order valence-corrected chi connectivity index (χ4v) is 4.31. The summed E-state index contributed by atoms with van der Waals surface area (Å²) in [5, 5.41) is 5.68. The van der Waals surface area contributed by atoms with Crippen LogP contribution in [0.25, 0.3) is 0 Å². The van der Waals surface area contributed by atoms with Gasteiger partial charge in [-0.1, -0.05) is 6.07 Å². The standard InChI is InChI=1S/C21H33N5O2/c1-17(27)23-9-10-24-21(28)19-5-3-11-26(16-19)20-6-12-25(13-7-20)15-18-4-2-8-22-14-18/h2,4,8,14,19-20H,3,5-7,9-13,15-16H2,1H3,(H,23,27)(H,24,28)/t19-/m0/s1. The number of carbonyl (C=O) groups excluding carboxylic acids is 2. The van der Waals surface area contributed by atoms with E-state index in [-0.39, 0.29) is 17.7 Å². The molecular formula is C21H33N5O2. The quantitative estimate of drug-likeness (QED) is 0.683. The molecule has 2 amide bonds. The number of rotatable bonds is 7. The molecule has 0 aromatic carbocycles. The maximum Gasteiger partial charge on any atom is 0.224 e. The highest BCUT2D eigenvalue weighted by Crippen LogP contribution is 2.24. The molecule has 7 nitrogen and oxygen atoms in total. The first-order chi connectivity index (χ1) is 13.6. The van der Waals surface area contributed by atoms with Crippen molar-refractivity contribution in [3.8, 4) is 0 Å². The van der Waals surface area contributed by atoms with Crippen molar-refractivity contribution < 1.29 is 9.59 Å². The van der Waals surface area contributed by atoms with Crippen LogP contribution in [-0.2, 0) is 16.1 Å². The van der Waals surface area contributed by atoms with Gasteiger partial charge in [0, 0.05) is 51.5 Å². The number of carbonyl (C=O) groups is 2. The normalized spacial score (nSPS) is 22.0. The third-order valence-electron chi connectivity index (χ3n) is 5.82. The second kappa shape index (κ2) is 10.5. The zero-order chi connectivity index (χ0) is 19.8. The molecule has 0 unspecified atom stereocenters. The molecule has 0 aliphatic carbocycles. The Morgan fingerprint density at radius 1 is 1.14 bits per heavy atom. The van der Waals surface area contributed by atoms with Crippen molar-refractivity contribution in [2.24, 2.45) is 5.92 Å². The molecule has 1 aromatic rings. The molecule has 28 heavy (non-hydrogen) atoms. The number of piperidine rings is 2. The van der Waals surface area contributed by atoms with Gasteiger partial charge in [0.05, 0.1) is 5.92 Å². The Labute approximate surface area is 167 Å². The predicted molar refractivity (Wildman–Crippen MR) is 109 cm³/mol. The molecule has 2 saturated heterocycles. The van der Waals surface area contributed by atoms with Gasteiger partial charge in [0.2, 0.25) is 11.8 Å². The van der Waals surface area contributed by atoms with Gasteiger partial charge < -0.3 is 10.6 Å². The predicted octanol–water partition coefficient (Wildman–Crippen LogP) is 1.01. The number of aromatic nitrogens is 1. The van der Waals surface area contributed by atoms with Crippen LogP contribution in [0, 0.1) is 5.92 Å². The second-order valence-electron chi connectivity index (χ2n) is 7.98. The van der Waals surface area contributed by atoms with Crippen LogP contribution in [0.4, 0.5) is 0 Å². The van der Waals surface area contributed by atoms with Gasteiger partial charge in [-0.25, -0.2) is 0 Å². The highest BCUT2D eigenvalue weighted by atomic mass is 16.2. The lowest BCUT2D eigenvalue weighted by Gasteiger charge is -2.42. The number of amides is 2. The maximum absolute atomic E-state index is 12.5. The average Bonchev–Trinajstić information content (AvgIpc) is 2.72. The van der Waals surface area contributed by atoms with E-state index in [1.54, 1.807) is 0 Å². The first-order valence-electron chi connectivity index (χ1n) is 10.5. The molecule has 0 bridgehead atoms. The Morgan fingerprint density at radius 2 is 1.93 bits per heavy atom. The molecule has 2 aliphatic rings. The van der Waals surface area contributed by atoms with E-state index in [4.69, 9.17) is 0 Å². The Hall–Kier alpha value is -1.99. The largest absolute Gasteiger partial charge is 0.355 e. The Morgan fingerprint density at radius 3 is 2.64 bits per heavy atom. The van der Waals surface area contributed by atoms with Crippen molar-refractivity contribution in [3.05, 3.63) is 30.1 Å². The van der Waals surface area contributed by atoms with Crippen LogP contribution >= 0.6 is 0 Å². The van der Waals surface area contributed by atoms with Crippen molar-refractivity contribution in [3.63, 3.8) is 0 Å². The second-order valence-corrected chi connectivity index (χ2v) is 7.98. The van der Waals surface area contributed by atoms with E-state index in [9.17, 15) is 9.59 Å². The van der Waals surface area contributed by atoms with Crippen molar-refractivity contribution in [1.82, 2.24) is 25.4 Å². The van der Waals surface area contributed by atoms with E-state index in [0.29, 0.717) is 19.1 Å². The number of pyridine rings is 1. The van der Waals surface area contributed by atoms with Crippen molar-refractivity contribution in [1.29, 1.82) is 0 Å². The highest BCUT2D eigenvalue weighted by Gasteiger charge is 2.31. The number of likely N-dealkylation sites (tertiary alicyclic amines) is 2. The molecule has 1 atom stereocenters. The van der Waals surface area contributed by atoms with Gasteiger partial charge in [0.1, 0.15) is 0 Å². The SMILES string of the molecule is CC(=O)NCCNC(=O)[C@H]1CCCN(C2CCN(Cc3cccnc3)CC2)C1. The Balaban J connectivity index is 1.40. The van der Waals surface area contributed by atoms with Crippen LogP contribution < -0.4 is 10.6 Å². The van der Waals surface area contributed by atoms with Crippen LogP contribution in [0.1, 0.15) is 38.2 Å². The molecule has 3 rings (SSSR count). The summed E-state index contributed by atoms with van der Waals surface area (Å²) >= 11 is 0. The summed E-state index contributed by atoms with van der Waals surface area (Å²) in [6, 6.07) is 4.72. The first-order valence-corrected chi connectivity index (χ1v) is 10.5. The van der Waals surface area contributed by atoms with Gasteiger partial charge in [-0.3, -0.25) is 24.4 Å². The van der Waals surface area contributed by atoms with E-state index in [1.165, 1.54) is 12.5 Å². The third kappa shape index (κ3) is 6.27. The van der Waals surface area contributed by atoms with Crippen LogP contribution in [0.3, 0.4) is 0 Å². The highest BCUT2D eigenvalue weighted by molar-refractivity contribution is 5.79. The molecule has 2 N–H and O–H groups in total. The van der Waals surface area contributed by atoms with E-state index in [2.05, 4.69) is 31.5 Å². The monoisotopic (exact) mass is 387 g/mol. The molecular weight excluding hydrogens is 354 g/mol. The van der Waals surface area contributed by atoms with Gasteiger partial charge in [-0.2, -0.15) is 0 Å².